The van der Waals surface area contributed by atoms with Crippen molar-refractivity contribution in [3.05, 3.63) is 90.5 Å². The highest BCUT2D eigenvalue weighted by atomic mass is 31.2. The second-order valence-corrected chi connectivity index (χ2v) is 12.0. The fourth-order valence-corrected chi connectivity index (χ4v) is 5.46. The van der Waals surface area contributed by atoms with Gasteiger partial charge in [-0.3, -0.25) is 4.40 Å². The second-order valence-electron chi connectivity index (χ2n) is 8.76. The van der Waals surface area contributed by atoms with E-state index < -0.39 is 7.14 Å². The highest BCUT2D eigenvalue weighted by molar-refractivity contribution is 7.70. The molecule has 2 heterocycles. The van der Waals surface area contributed by atoms with E-state index in [1.165, 1.54) is 0 Å². The number of nitrogens with zero attached hydrogens (tertiary/aromatic N) is 3. The number of hydrogen-bond donors (Lipinski definition) is 0. The number of nitriles is 1. The zero-order chi connectivity index (χ0) is 22.7. The van der Waals surface area contributed by atoms with E-state index in [0.29, 0.717) is 5.56 Å². The van der Waals surface area contributed by atoms with Crippen molar-refractivity contribution in [1.82, 2.24) is 9.38 Å². The standard InChI is InChI=1S/C28H20N3OP/c1-33(2,32)21-12-13-23-22-5-3-4-6-24(22)28-30-25-14-11-20(15-27(25)31(28)26(23)16-21)19-9-7-18(17-29)8-10-19/h3-16H,1-2H3. The van der Waals surface area contributed by atoms with Gasteiger partial charge in [0.2, 0.25) is 0 Å². The van der Waals surface area contributed by atoms with Gasteiger partial charge in [-0.15, -0.1) is 0 Å². The molecule has 4 aromatic carbocycles. The lowest BCUT2D eigenvalue weighted by molar-refractivity contribution is 0.588. The molecule has 0 spiro atoms. The van der Waals surface area contributed by atoms with E-state index in [0.717, 1.165) is 54.8 Å². The van der Waals surface area contributed by atoms with Gasteiger partial charge in [0, 0.05) is 16.1 Å². The monoisotopic (exact) mass is 445 g/mol. The van der Waals surface area contributed by atoms with E-state index in [4.69, 9.17) is 10.2 Å². The third-order valence-corrected chi connectivity index (χ3v) is 7.83. The van der Waals surface area contributed by atoms with Crippen molar-refractivity contribution in [2.24, 2.45) is 0 Å². The van der Waals surface area contributed by atoms with E-state index in [-0.39, 0.29) is 0 Å². The number of aromatic nitrogens is 2. The lowest BCUT2D eigenvalue weighted by Crippen LogP contribution is -2.04. The number of imidazole rings is 1. The molecule has 0 saturated heterocycles. The molecule has 4 nitrogen and oxygen atoms in total. The summed E-state index contributed by atoms with van der Waals surface area (Å²) in [5.41, 5.74) is 6.55. The van der Waals surface area contributed by atoms with Gasteiger partial charge in [0.25, 0.3) is 0 Å². The van der Waals surface area contributed by atoms with Gasteiger partial charge < -0.3 is 4.57 Å². The quantitative estimate of drug-likeness (QED) is 0.223. The summed E-state index contributed by atoms with van der Waals surface area (Å²) in [6.45, 7) is 3.61. The van der Waals surface area contributed by atoms with Crippen LogP contribution in [0.2, 0.25) is 0 Å². The lowest BCUT2D eigenvalue weighted by Gasteiger charge is -2.13. The molecule has 0 N–H and O–H groups in total. The first kappa shape index (κ1) is 19.7. The number of benzene rings is 4. The van der Waals surface area contributed by atoms with Crippen LogP contribution in [-0.4, -0.2) is 22.7 Å². The Bertz CT molecular complexity index is 1820. The summed E-state index contributed by atoms with van der Waals surface area (Å²) in [4.78, 5) is 5.00. The maximum absolute atomic E-state index is 12.9. The Morgan fingerprint density at radius 1 is 0.788 bits per heavy atom. The average Bonchev–Trinajstić information content (AvgIpc) is 3.22. The van der Waals surface area contributed by atoms with E-state index >= 15 is 0 Å². The molecule has 6 aromatic rings. The summed E-state index contributed by atoms with van der Waals surface area (Å²) < 4.78 is 15.1. The molecule has 0 fully saturated rings. The normalized spacial score (nSPS) is 12.0. The Balaban J connectivity index is 1.75. The number of hydrogen-bond acceptors (Lipinski definition) is 3. The van der Waals surface area contributed by atoms with Crippen LogP contribution < -0.4 is 5.30 Å². The summed E-state index contributed by atoms with van der Waals surface area (Å²) in [5, 5.41) is 13.3. The van der Waals surface area contributed by atoms with Crippen molar-refractivity contribution >= 4 is 50.8 Å². The molecule has 0 aliphatic carbocycles. The predicted octanol–water partition coefficient (Wildman–Crippen LogP) is 6.58. The van der Waals surface area contributed by atoms with Crippen molar-refractivity contribution in [2.75, 3.05) is 13.3 Å². The smallest absolute Gasteiger partial charge is 0.146 e. The fraction of sp³-hybridized carbons (Fsp3) is 0.0714. The molecule has 0 aliphatic rings. The molecule has 158 valence electrons. The van der Waals surface area contributed by atoms with Crippen LogP contribution >= 0.6 is 7.14 Å². The summed E-state index contributed by atoms with van der Waals surface area (Å²) >= 11 is 0. The van der Waals surface area contributed by atoms with Crippen molar-refractivity contribution in [1.29, 1.82) is 5.26 Å². The van der Waals surface area contributed by atoms with Gasteiger partial charge in [0.15, 0.2) is 0 Å². The van der Waals surface area contributed by atoms with Crippen LogP contribution in [-0.2, 0) is 4.57 Å². The molecule has 0 bridgehead atoms. The predicted molar refractivity (Wildman–Crippen MR) is 137 cm³/mol. The Kier molecular flexibility index (Phi) is 4.21. The maximum atomic E-state index is 12.9. The van der Waals surface area contributed by atoms with Crippen LogP contribution in [0.25, 0.3) is 49.5 Å². The third kappa shape index (κ3) is 3.05. The van der Waals surface area contributed by atoms with Gasteiger partial charge in [-0.25, -0.2) is 4.98 Å². The molecule has 5 heteroatoms. The minimum Gasteiger partial charge on any atom is -0.319 e. The van der Waals surface area contributed by atoms with Crippen molar-refractivity contribution < 1.29 is 4.57 Å². The van der Waals surface area contributed by atoms with Crippen LogP contribution in [0.1, 0.15) is 5.56 Å². The molecule has 33 heavy (non-hydrogen) atoms. The Morgan fingerprint density at radius 2 is 1.52 bits per heavy atom. The van der Waals surface area contributed by atoms with Crippen LogP contribution in [0.15, 0.2) is 84.9 Å². The summed E-state index contributed by atoms with van der Waals surface area (Å²) in [5.74, 6) is 0. The van der Waals surface area contributed by atoms with Crippen LogP contribution in [0, 0.1) is 11.3 Å². The number of pyridine rings is 1. The van der Waals surface area contributed by atoms with Gasteiger partial charge in [-0.2, -0.15) is 5.26 Å². The lowest BCUT2D eigenvalue weighted by atomic mass is 10.0. The highest BCUT2D eigenvalue weighted by Gasteiger charge is 2.17. The van der Waals surface area contributed by atoms with Crippen molar-refractivity contribution in [3.8, 4) is 17.2 Å². The molecular formula is C28H20N3OP. The fourth-order valence-electron chi connectivity index (χ4n) is 4.60. The molecule has 0 atom stereocenters. The van der Waals surface area contributed by atoms with Crippen LogP contribution in [0.5, 0.6) is 0 Å². The minimum absolute atomic E-state index is 0.642. The maximum Gasteiger partial charge on any atom is 0.146 e. The SMILES string of the molecule is CP(C)(=O)c1ccc2c3ccccc3c3nc4ccc(-c5ccc(C#N)cc5)cc4n3c2c1. The molecule has 0 unspecified atom stereocenters. The minimum atomic E-state index is -2.43. The first-order valence-electron chi connectivity index (χ1n) is 10.8. The van der Waals surface area contributed by atoms with Gasteiger partial charge in [-0.05, 0) is 60.2 Å². The molecule has 2 aromatic heterocycles. The molecular weight excluding hydrogens is 425 g/mol. The Labute approximate surface area is 191 Å². The number of fused-ring (bicyclic) bond motifs is 8. The van der Waals surface area contributed by atoms with Crippen molar-refractivity contribution in [3.63, 3.8) is 0 Å². The zero-order valence-corrected chi connectivity index (χ0v) is 19.2. The molecule has 6 rings (SSSR count). The summed E-state index contributed by atoms with van der Waals surface area (Å²) in [7, 11) is -2.43. The summed E-state index contributed by atoms with van der Waals surface area (Å²) in [6.07, 6.45) is 0. The zero-order valence-electron chi connectivity index (χ0n) is 18.3. The largest absolute Gasteiger partial charge is 0.319 e. The Hall–Kier alpha value is -3.93. The first-order chi connectivity index (χ1) is 15.9. The first-order valence-corrected chi connectivity index (χ1v) is 13.4. The van der Waals surface area contributed by atoms with Gasteiger partial charge in [0.05, 0.1) is 28.2 Å². The molecule has 0 amide bonds. The van der Waals surface area contributed by atoms with Gasteiger partial charge >= 0.3 is 0 Å². The summed E-state index contributed by atoms with van der Waals surface area (Å²) in [6, 6.07) is 30.5. The van der Waals surface area contributed by atoms with Crippen LogP contribution in [0.4, 0.5) is 0 Å². The Morgan fingerprint density at radius 3 is 2.24 bits per heavy atom. The number of rotatable bonds is 2. The molecule has 0 saturated carbocycles. The molecule has 0 radical (unpaired) electrons. The highest BCUT2D eigenvalue weighted by Crippen LogP contribution is 2.38. The van der Waals surface area contributed by atoms with Crippen molar-refractivity contribution in [2.45, 2.75) is 0 Å². The van der Waals surface area contributed by atoms with Crippen LogP contribution in [0.3, 0.4) is 0 Å². The van der Waals surface area contributed by atoms with E-state index in [2.05, 4.69) is 46.9 Å². The average molecular weight is 445 g/mol. The van der Waals surface area contributed by atoms with E-state index in [1.807, 2.05) is 48.5 Å². The van der Waals surface area contributed by atoms with Gasteiger partial charge in [0.1, 0.15) is 12.8 Å². The van der Waals surface area contributed by atoms with E-state index in [1.54, 1.807) is 13.3 Å². The second kappa shape index (κ2) is 7.04. The van der Waals surface area contributed by atoms with E-state index in [9.17, 15) is 4.57 Å². The molecule has 0 aliphatic heterocycles. The third-order valence-electron chi connectivity index (χ3n) is 6.30. The van der Waals surface area contributed by atoms with Gasteiger partial charge in [-0.1, -0.05) is 54.6 Å². The topological polar surface area (TPSA) is 58.2 Å².